The van der Waals surface area contributed by atoms with Gasteiger partial charge in [-0.05, 0) is 90.8 Å². The van der Waals surface area contributed by atoms with Gasteiger partial charge in [0.15, 0.2) is 0 Å². The summed E-state index contributed by atoms with van der Waals surface area (Å²) >= 11 is 5.99. The topological polar surface area (TPSA) is 0 Å². The van der Waals surface area contributed by atoms with Crippen LogP contribution in [0.4, 0.5) is 8.78 Å². The molecule has 1 aliphatic carbocycles. The Morgan fingerprint density at radius 1 is 0.800 bits per heavy atom. The molecule has 0 spiro atoms. The minimum Gasteiger partial charge on any atom is -0.207 e. The van der Waals surface area contributed by atoms with Crippen molar-refractivity contribution in [3.63, 3.8) is 0 Å². The van der Waals surface area contributed by atoms with Crippen LogP contribution in [-0.4, -0.2) is 0 Å². The Morgan fingerprint density at radius 2 is 1.33 bits per heavy atom. The van der Waals surface area contributed by atoms with Gasteiger partial charge in [-0.2, -0.15) is 0 Å². The van der Waals surface area contributed by atoms with Crippen molar-refractivity contribution < 1.29 is 8.78 Å². The van der Waals surface area contributed by atoms with Gasteiger partial charge in [-0.15, -0.1) is 0 Å². The van der Waals surface area contributed by atoms with E-state index in [9.17, 15) is 8.78 Å². The smallest absolute Gasteiger partial charge is 0.129 e. The lowest BCUT2D eigenvalue weighted by atomic mass is 9.76. The van der Waals surface area contributed by atoms with Crippen LogP contribution in [0.1, 0.15) is 72.6 Å². The van der Waals surface area contributed by atoms with E-state index in [1.165, 1.54) is 5.56 Å². The van der Waals surface area contributed by atoms with Crippen molar-refractivity contribution in [2.24, 2.45) is 0 Å². The van der Waals surface area contributed by atoms with E-state index in [0.29, 0.717) is 12.3 Å². The Bertz CT molecular complexity index is 950. The zero-order chi connectivity index (χ0) is 21.1. The number of hydrogen-bond donors (Lipinski definition) is 0. The van der Waals surface area contributed by atoms with E-state index >= 15 is 0 Å². The highest BCUT2D eigenvalue weighted by Crippen LogP contribution is 2.41. The molecular formula is C27H27ClF2. The molecular weight excluding hydrogens is 398 g/mol. The highest BCUT2D eigenvalue weighted by atomic mass is 35.5. The summed E-state index contributed by atoms with van der Waals surface area (Å²) in [5, 5.41) is 0.750. The third-order valence-corrected chi connectivity index (χ3v) is 6.83. The van der Waals surface area contributed by atoms with Crippen LogP contribution >= 0.6 is 11.6 Å². The van der Waals surface area contributed by atoms with Gasteiger partial charge in [-0.1, -0.05) is 61.0 Å². The molecule has 1 atom stereocenters. The van der Waals surface area contributed by atoms with Gasteiger partial charge in [0.1, 0.15) is 11.6 Å². The monoisotopic (exact) mass is 424 g/mol. The first-order valence-corrected chi connectivity index (χ1v) is 11.2. The molecule has 3 aromatic rings. The van der Waals surface area contributed by atoms with Crippen LogP contribution in [-0.2, 0) is 6.42 Å². The summed E-state index contributed by atoms with van der Waals surface area (Å²) in [5.41, 5.74) is 3.40. The summed E-state index contributed by atoms with van der Waals surface area (Å²) in [5.74, 6) is -0.0339. The predicted octanol–water partition coefficient (Wildman–Crippen LogP) is 8.41. The van der Waals surface area contributed by atoms with E-state index in [1.807, 2.05) is 49.4 Å². The van der Waals surface area contributed by atoms with Gasteiger partial charge in [0.2, 0.25) is 0 Å². The van der Waals surface area contributed by atoms with Crippen LogP contribution < -0.4 is 0 Å². The van der Waals surface area contributed by atoms with Crippen molar-refractivity contribution in [1.82, 2.24) is 0 Å². The van der Waals surface area contributed by atoms with Crippen molar-refractivity contribution in [3.05, 3.63) is 106 Å². The number of hydrogen-bond acceptors (Lipinski definition) is 0. The molecule has 30 heavy (non-hydrogen) atoms. The Morgan fingerprint density at radius 3 is 1.90 bits per heavy atom. The molecule has 1 saturated carbocycles. The van der Waals surface area contributed by atoms with E-state index in [2.05, 4.69) is 12.1 Å². The summed E-state index contributed by atoms with van der Waals surface area (Å²) in [6.07, 6.45) is 4.33. The summed E-state index contributed by atoms with van der Waals surface area (Å²) in [4.78, 5) is 0. The van der Waals surface area contributed by atoms with Gasteiger partial charge in [-0.3, -0.25) is 0 Å². The normalized spacial score (nSPS) is 20.1. The average Bonchev–Trinajstić information content (AvgIpc) is 2.77. The van der Waals surface area contributed by atoms with Crippen molar-refractivity contribution in [2.75, 3.05) is 0 Å². The fourth-order valence-electron chi connectivity index (χ4n) is 4.75. The highest BCUT2D eigenvalue weighted by Gasteiger charge is 2.25. The van der Waals surface area contributed by atoms with E-state index in [0.717, 1.165) is 41.8 Å². The van der Waals surface area contributed by atoms with Crippen molar-refractivity contribution in [1.29, 1.82) is 0 Å². The Labute approximate surface area is 182 Å². The van der Waals surface area contributed by atoms with Crippen molar-refractivity contribution in [2.45, 2.75) is 56.8 Å². The summed E-state index contributed by atoms with van der Waals surface area (Å²) in [6.45, 7) is 2.01. The second-order valence-electron chi connectivity index (χ2n) is 8.58. The van der Waals surface area contributed by atoms with Gasteiger partial charge < -0.3 is 0 Å². The maximum absolute atomic E-state index is 14.9. The molecule has 1 fully saturated rings. The van der Waals surface area contributed by atoms with Crippen molar-refractivity contribution >= 4 is 11.6 Å². The molecule has 3 heteroatoms. The number of halogens is 3. The largest absolute Gasteiger partial charge is 0.207 e. The molecule has 0 N–H and O–H groups in total. The van der Waals surface area contributed by atoms with Crippen molar-refractivity contribution in [3.8, 4) is 0 Å². The molecule has 156 valence electrons. The molecule has 0 heterocycles. The van der Waals surface area contributed by atoms with E-state index in [4.69, 9.17) is 11.6 Å². The fourth-order valence-corrected chi connectivity index (χ4v) is 4.88. The van der Waals surface area contributed by atoms with Gasteiger partial charge in [-0.25, -0.2) is 8.78 Å². The maximum atomic E-state index is 14.9. The number of benzene rings is 3. The molecule has 1 aliphatic rings. The molecule has 0 bridgehead atoms. The van der Waals surface area contributed by atoms with Gasteiger partial charge in [0, 0.05) is 10.6 Å². The third kappa shape index (κ3) is 4.75. The molecule has 4 rings (SSSR count). The highest BCUT2D eigenvalue weighted by molar-refractivity contribution is 6.30. The van der Waals surface area contributed by atoms with Crippen LogP contribution in [0.5, 0.6) is 0 Å². The van der Waals surface area contributed by atoms with E-state index < -0.39 is 11.6 Å². The zero-order valence-electron chi connectivity index (χ0n) is 17.3. The van der Waals surface area contributed by atoms with Gasteiger partial charge in [0.05, 0.1) is 0 Å². The van der Waals surface area contributed by atoms with Crippen LogP contribution in [0.15, 0.2) is 66.7 Å². The second-order valence-corrected chi connectivity index (χ2v) is 9.02. The minimum atomic E-state index is -0.410. The van der Waals surface area contributed by atoms with E-state index in [-0.39, 0.29) is 17.4 Å². The molecule has 0 aliphatic heterocycles. The maximum Gasteiger partial charge on any atom is 0.129 e. The SMILES string of the molecule is C[C@H](Cc1c(F)cc(C2CCC(c3ccc(Cl)cc3)CC2)cc1F)c1ccccc1. The quantitative estimate of drug-likeness (QED) is 0.385. The lowest BCUT2D eigenvalue weighted by Crippen LogP contribution is -2.13. The van der Waals surface area contributed by atoms with Gasteiger partial charge in [0.25, 0.3) is 0 Å². The summed E-state index contributed by atoms with van der Waals surface area (Å²) in [6, 6.07) is 21.1. The predicted molar refractivity (Wildman–Crippen MR) is 120 cm³/mol. The lowest BCUT2D eigenvalue weighted by Gasteiger charge is -2.29. The minimum absolute atomic E-state index is 0.0656. The summed E-state index contributed by atoms with van der Waals surface area (Å²) in [7, 11) is 0. The molecule has 0 saturated heterocycles. The molecule has 3 aromatic carbocycles. The van der Waals surface area contributed by atoms with Crippen LogP contribution in [0, 0.1) is 11.6 Å². The lowest BCUT2D eigenvalue weighted by molar-refractivity contribution is 0.393. The molecule has 0 amide bonds. The van der Waals surface area contributed by atoms with E-state index in [1.54, 1.807) is 12.1 Å². The van der Waals surface area contributed by atoms with Crippen LogP contribution in [0.3, 0.4) is 0 Å². The molecule has 0 aromatic heterocycles. The molecule has 0 nitrogen and oxygen atoms in total. The Kier molecular flexibility index (Phi) is 6.53. The standard InChI is InChI=1S/C27H27ClF2/c1-18(19-5-3-2-4-6-19)15-25-26(29)16-23(17-27(25)30)22-9-7-20(8-10-22)21-11-13-24(28)14-12-21/h2-6,11-14,16-18,20,22H,7-10,15H2,1H3/t18-,20?,22?/m1/s1. The Balaban J connectivity index is 1.44. The first-order chi connectivity index (χ1) is 14.5. The first kappa shape index (κ1) is 21.1. The first-order valence-electron chi connectivity index (χ1n) is 10.8. The molecule has 0 unspecified atom stereocenters. The zero-order valence-corrected chi connectivity index (χ0v) is 18.0. The summed E-state index contributed by atoms with van der Waals surface area (Å²) < 4.78 is 29.7. The second kappa shape index (κ2) is 9.31. The van der Waals surface area contributed by atoms with Gasteiger partial charge >= 0.3 is 0 Å². The Hall–Kier alpha value is -2.19. The molecule has 0 radical (unpaired) electrons. The van der Waals surface area contributed by atoms with Crippen LogP contribution in [0.2, 0.25) is 5.02 Å². The third-order valence-electron chi connectivity index (χ3n) is 6.58. The van der Waals surface area contributed by atoms with Crippen LogP contribution in [0.25, 0.3) is 0 Å². The number of rotatable bonds is 5. The fraction of sp³-hybridized carbons (Fsp3) is 0.333. The average molecular weight is 425 g/mol.